The second-order valence-electron chi connectivity index (χ2n) is 6.69. The Morgan fingerprint density at radius 1 is 0.781 bits per heavy atom. The highest BCUT2D eigenvalue weighted by Gasteiger charge is 2.28. The van der Waals surface area contributed by atoms with Gasteiger partial charge in [0.25, 0.3) is 0 Å². The Morgan fingerprint density at radius 2 is 1.31 bits per heavy atom. The maximum atomic E-state index is 12.3. The Morgan fingerprint density at radius 3 is 1.81 bits per heavy atom. The molecule has 2 aromatic carbocycles. The van der Waals surface area contributed by atoms with E-state index in [-0.39, 0.29) is 13.2 Å². The molecule has 0 aliphatic carbocycles. The summed E-state index contributed by atoms with van der Waals surface area (Å²) in [6, 6.07) is 14.5. The number of carbonyl (C=O) groups is 4. The molecule has 2 atom stereocenters. The van der Waals surface area contributed by atoms with Gasteiger partial charge in [-0.25, -0.2) is 9.59 Å². The van der Waals surface area contributed by atoms with Gasteiger partial charge in [0, 0.05) is 0 Å². The third-order valence-corrected chi connectivity index (χ3v) is 4.23. The number of carboxylic acids is 1. The molecule has 0 saturated carbocycles. The minimum atomic E-state index is -1.61. The fourth-order valence-corrected chi connectivity index (χ4v) is 2.54. The average molecular weight is 444 g/mol. The van der Waals surface area contributed by atoms with Gasteiger partial charge < -0.3 is 30.3 Å². The Balaban J connectivity index is 1.83. The predicted octanol–water partition coefficient (Wildman–Crippen LogP) is 0.977. The molecule has 0 unspecified atom stereocenters. The molecule has 0 radical (unpaired) electrons. The zero-order valence-corrected chi connectivity index (χ0v) is 17.1. The summed E-state index contributed by atoms with van der Waals surface area (Å²) in [5.74, 6) is -3.30. The van der Waals surface area contributed by atoms with Crippen molar-refractivity contribution in [2.75, 3.05) is 6.61 Å². The van der Waals surface area contributed by atoms with E-state index in [0.29, 0.717) is 5.56 Å². The molecule has 10 heteroatoms. The molecular formula is C22H24N2O8. The van der Waals surface area contributed by atoms with E-state index in [1.807, 2.05) is 0 Å². The summed E-state index contributed by atoms with van der Waals surface area (Å²) in [5.41, 5.74) is 1.43. The van der Waals surface area contributed by atoms with E-state index in [4.69, 9.17) is 9.47 Å². The first kappa shape index (κ1) is 24.4. The summed E-state index contributed by atoms with van der Waals surface area (Å²) >= 11 is 0. The number of esters is 1. The van der Waals surface area contributed by atoms with Crippen molar-refractivity contribution in [1.29, 1.82) is 0 Å². The molecule has 10 nitrogen and oxygen atoms in total. The lowest BCUT2D eigenvalue weighted by atomic mass is 10.2. The number of hydrogen-bond donors (Lipinski definition) is 4. The molecule has 4 N–H and O–H groups in total. The molecule has 2 aromatic rings. The lowest BCUT2D eigenvalue weighted by Gasteiger charge is -2.19. The normalized spacial score (nSPS) is 12.2. The molecule has 0 aromatic heterocycles. The SMILES string of the molecule is O=C(C[C@H](NC(=O)[C@H](CO)NC(=O)OCc1ccccc1)C(=O)O)OCc1ccccc1. The van der Waals surface area contributed by atoms with Crippen LogP contribution in [0.3, 0.4) is 0 Å². The largest absolute Gasteiger partial charge is 0.480 e. The maximum Gasteiger partial charge on any atom is 0.408 e. The molecule has 0 fully saturated rings. The minimum Gasteiger partial charge on any atom is -0.480 e. The first-order valence-electron chi connectivity index (χ1n) is 9.70. The summed E-state index contributed by atoms with van der Waals surface area (Å²) in [6.45, 7) is -0.914. The number of carboxylic acid groups (broad SMARTS) is 1. The number of aliphatic carboxylic acids is 1. The van der Waals surface area contributed by atoms with Crippen LogP contribution in [-0.2, 0) is 37.1 Å². The van der Waals surface area contributed by atoms with Crippen LogP contribution in [0.5, 0.6) is 0 Å². The molecule has 0 aliphatic heterocycles. The minimum absolute atomic E-state index is 0.0476. The van der Waals surface area contributed by atoms with Crippen molar-refractivity contribution in [3.05, 3.63) is 71.8 Å². The second kappa shape index (κ2) is 12.7. The van der Waals surface area contributed by atoms with Crippen LogP contribution >= 0.6 is 0 Å². The molecule has 2 rings (SSSR count). The molecular weight excluding hydrogens is 420 g/mol. The molecule has 0 saturated heterocycles. The van der Waals surface area contributed by atoms with Gasteiger partial charge >= 0.3 is 18.0 Å². The number of aliphatic hydroxyl groups excluding tert-OH is 1. The Bertz CT molecular complexity index is 905. The number of carbonyl (C=O) groups excluding carboxylic acids is 3. The Labute approximate surface area is 184 Å². The van der Waals surface area contributed by atoms with E-state index in [9.17, 15) is 29.4 Å². The highest BCUT2D eigenvalue weighted by Crippen LogP contribution is 2.04. The zero-order chi connectivity index (χ0) is 23.3. The number of amides is 2. The Hall–Kier alpha value is -3.92. The van der Waals surface area contributed by atoms with Crippen LogP contribution in [0.25, 0.3) is 0 Å². The molecule has 0 spiro atoms. The standard InChI is InChI=1S/C22H24N2O8/c25-12-18(24-22(30)32-14-16-9-5-2-6-10-16)20(27)23-17(21(28)29)11-19(26)31-13-15-7-3-1-4-8-15/h1-10,17-18,25H,11-14H2,(H,23,27)(H,24,30)(H,28,29)/t17-,18-/m0/s1. The Kier molecular flexibility index (Phi) is 9.67. The second-order valence-corrected chi connectivity index (χ2v) is 6.69. The molecule has 2 amide bonds. The van der Waals surface area contributed by atoms with Crippen LogP contribution in [0.15, 0.2) is 60.7 Å². The van der Waals surface area contributed by atoms with E-state index in [1.165, 1.54) is 0 Å². The molecule has 0 heterocycles. The monoisotopic (exact) mass is 444 g/mol. The molecule has 0 bridgehead atoms. The van der Waals surface area contributed by atoms with Crippen LogP contribution in [0.4, 0.5) is 4.79 Å². The number of hydrogen-bond acceptors (Lipinski definition) is 7. The van der Waals surface area contributed by atoms with Gasteiger partial charge in [-0.2, -0.15) is 0 Å². The van der Waals surface area contributed by atoms with Crippen molar-refractivity contribution in [3.63, 3.8) is 0 Å². The van der Waals surface area contributed by atoms with E-state index in [0.717, 1.165) is 5.56 Å². The van der Waals surface area contributed by atoms with Gasteiger partial charge in [0.1, 0.15) is 25.3 Å². The molecule has 170 valence electrons. The van der Waals surface area contributed by atoms with Crippen LogP contribution in [0.2, 0.25) is 0 Å². The summed E-state index contributed by atoms with van der Waals surface area (Å²) in [5, 5.41) is 23.0. The van der Waals surface area contributed by atoms with E-state index >= 15 is 0 Å². The fourth-order valence-electron chi connectivity index (χ4n) is 2.54. The smallest absolute Gasteiger partial charge is 0.408 e. The van der Waals surface area contributed by atoms with Gasteiger partial charge in [0.15, 0.2) is 0 Å². The number of alkyl carbamates (subject to hydrolysis) is 1. The van der Waals surface area contributed by atoms with Crippen molar-refractivity contribution in [2.24, 2.45) is 0 Å². The highest BCUT2D eigenvalue weighted by molar-refractivity contribution is 5.91. The van der Waals surface area contributed by atoms with Gasteiger partial charge in [0.2, 0.25) is 5.91 Å². The first-order valence-corrected chi connectivity index (χ1v) is 9.70. The quantitative estimate of drug-likeness (QED) is 0.374. The van der Waals surface area contributed by atoms with Gasteiger partial charge in [-0.3, -0.25) is 9.59 Å². The van der Waals surface area contributed by atoms with Crippen molar-refractivity contribution in [3.8, 4) is 0 Å². The zero-order valence-electron chi connectivity index (χ0n) is 17.1. The van der Waals surface area contributed by atoms with Gasteiger partial charge in [-0.15, -0.1) is 0 Å². The lowest BCUT2D eigenvalue weighted by molar-refractivity contribution is -0.151. The van der Waals surface area contributed by atoms with Crippen LogP contribution < -0.4 is 10.6 Å². The third-order valence-electron chi connectivity index (χ3n) is 4.23. The topological polar surface area (TPSA) is 151 Å². The summed E-state index contributed by atoms with van der Waals surface area (Å²) < 4.78 is 9.99. The maximum absolute atomic E-state index is 12.3. The van der Waals surface area contributed by atoms with Crippen molar-refractivity contribution in [2.45, 2.75) is 31.7 Å². The summed E-state index contributed by atoms with van der Waals surface area (Å²) in [7, 11) is 0. The predicted molar refractivity (Wildman–Crippen MR) is 111 cm³/mol. The lowest BCUT2D eigenvalue weighted by Crippen LogP contribution is -2.53. The summed E-state index contributed by atoms with van der Waals surface area (Å²) in [6.07, 6.45) is -1.61. The van der Waals surface area contributed by atoms with Crippen LogP contribution in [0.1, 0.15) is 17.5 Å². The van der Waals surface area contributed by atoms with E-state index in [1.54, 1.807) is 60.7 Å². The number of aliphatic hydroxyl groups is 1. The average Bonchev–Trinajstić information content (AvgIpc) is 2.80. The van der Waals surface area contributed by atoms with Crippen LogP contribution in [0, 0.1) is 0 Å². The molecule has 32 heavy (non-hydrogen) atoms. The summed E-state index contributed by atoms with van der Waals surface area (Å²) in [4.78, 5) is 47.6. The highest BCUT2D eigenvalue weighted by atomic mass is 16.5. The van der Waals surface area contributed by atoms with Crippen molar-refractivity contribution < 1.29 is 38.9 Å². The fraction of sp³-hybridized carbons (Fsp3) is 0.273. The van der Waals surface area contributed by atoms with Crippen molar-refractivity contribution >= 4 is 23.9 Å². The number of nitrogens with one attached hydrogen (secondary N) is 2. The van der Waals surface area contributed by atoms with Gasteiger partial charge in [-0.05, 0) is 11.1 Å². The van der Waals surface area contributed by atoms with Gasteiger partial charge in [0.05, 0.1) is 13.0 Å². The van der Waals surface area contributed by atoms with Crippen molar-refractivity contribution in [1.82, 2.24) is 10.6 Å². The van der Waals surface area contributed by atoms with Gasteiger partial charge in [-0.1, -0.05) is 60.7 Å². The van der Waals surface area contributed by atoms with E-state index in [2.05, 4.69) is 10.6 Å². The number of benzene rings is 2. The first-order chi connectivity index (χ1) is 15.4. The number of ether oxygens (including phenoxy) is 2. The third kappa shape index (κ3) is 8.44. The van der Waals surface area contributed by atoms with E-state index < -0.39 is 49.1 Å². The number of rotatable bonds is 11. The van der Waals surface area contributed by atoms with Crippen LogP contribution in [-0.4, -0.2) is 52.8 Å². The molecule has 0 aliphatic rings.